The molecule has 0 bridgehead atoms. The van der Waals surface area contributed by atoms with E-state index in [1.807, 2.05) is 30.3 Å². The monoisotopic (exact) mass is 531 g/mol. The molecule has 1 fully saturated rings. The summed E-state index contributed by atoms with van der Waals surface area (Å²) in [4.78, 5) is 17.3. The van der Waals surface area contributed by atoms with Crippen LogP contribution in [0, 0.1) is 5.92 Å². The van der Waals surface area contributed by atoms with E-state index in [1.54, 1.807) is 12.1 Å². The van der Waals surface area contributed by atoms with Gasteiger partial charge in [-0.2, -0.15) is 4.31 Å². The number of aromatic nitrogens is 3. The lowest BCUT2D eigenvalue weighted by atomic mass is 9.99. The molecule has 1 saturated heterocycles. The van der Waals surface area contributed by atoms with E-state index in [2.05, 4.69) is 20.5 Å². The van der Waals surface area contributed by atoms with Crippen molar-refractivity contribution in [2.45, 2.75) is 22.9 Å². The predicted molar refractivity (Wildman–Crippen MR) is 137 cm³/mol. The molecule has 1 unspecified atom stereocenters. The van der Waals surface area contributed by atoms with Gasteiger partial charge < -0.3 is 14.8 Å². The quantitative estimate of drug-likeness (QED) is 0.302. The van der Waals surface area contributed by atoms with Crippen molar-refractivity contribution < 1.29 is 22.7 Å². The molecule has 0 saturated carbocycles. The summed E-state index contributed by atoms with van der Waals surface area (Å²) in [7, 11) is -0.964. The van der Waals surface area contributed by atoms with Gasteiger partial charge >= 0.3 is 0 Å². The predicted octanol–water partition coefficient (Wildman–Crippen LogP) is 2.80. The van der Waals surface area contributed by atoms with Crippen LogP contribution in [0.25, 0.3) is 11.4 Å². The number of thioether (sulfide) groups is 1. The second-order valence-electron chi connectivity index (χ2n) is 8.19. The van der Waals surface area contributed by atoms with Gasteiger partial charge in [-0.15, -0.1) is 5.10 Å². The lowest BCUT2D eigenvalue weighted by Gasteiger charge is -2.31. The van der Waals surface area contributed by atoms with Crippen LogP contribution in [0.15, 0.2) is 58.6 Å². The number of piperidine rings is 1. The highest BCUT2D eigenvalue weighted by atomic mass is 32.2. The van der Waals surface area contributed by atoms with Crippen LogP contribution in [0.1, 0.15) is 12.8 Å². The number of hydrogen-bond donors (Lipinski definition) is 2. The number of nitrogens with one attached hydrogen (secondary N) is 2. The Kier molecular flexibility index (Phi) is 8.49. The van der Waals surface area contributed by atoms with Gasteiger partial charge in [-0.3, -0.25) is 9.89 Å². The number of carbonyl (C=O) groups excluding carboxylic acids is 1. The van der Waals surface area contributed by atoms with Crippen LogP contribution in [-0.2, 0) is 14.8 Å². The highest BCUT2D eigenvalue weighted by Crippen LogP contribution is 2.32. The normalized spacial score (nSPS) is 16.4. The van der Waals surface area contributed by atoms with Crippen LogP contribution >= 0.6 is 11.8 Å². The number of carbonyl (C=O) groups is 1. The molecule has 4 rings (SSSR count). The summed E-state index contributed by atoms with van der Waals surface area (Å²) >= 11 is 1.43. The van der Waals surface area contributed by atoms with Gasteiger partial charge in [-0.25, -0.2) is 13.4 Å². The Labute approximate surface area is 214 Å². The highest BCUT2D eigenvalue weighted by molar-refractivity contribution is 7.99. The number of methoxy groups -OCH3 is 2. The van der Waals surface area contributed by atoms with Crippen LogP contribution in [0.5, 0.6) is 11.5 Å². The van der Waals surface area contributed by atoms with Gasteiger partial charge in [-0.1, -0.05) is 42.1 Å². The van der Waals surface area contributed by atoms with Gasteiger partial charge in [0.2, 0.25) is 21.1 Å². The Morgan fingerprint density at radius 2 is 2.00 bits per heavy atom. The largest absolute Gasteiger partial charge is 0.497 e. The summed E-state index contributed by atoms with van der Waals surface area (Å²) in [6, 6.07) is 14.4. The maximum Gasteiger partial charge on any atom is 0.246 e. The third kappa shape index (κ3) is 6.00. The minimum atomic E-state index is -3.86. The van der Waals surface area contributed by atoms with E-state index in [0.29, 0.717) is 48.4 Å². The van der Waals surface area contributed by atoms with Gasteiger partial charge in [0.25, 0.3) is 0 Å². The van der Waals surface area contributed by atoms with Crippen LogP contribution < -0.4 is 14.8 Å². The average molecular weight is 532 g/mol. The molecule has 2 heterocycles. The number of benzene rings is 2. The van der Waals surface area contributed by atoms with E-state index >= 15 is 0 Å². The molecule has 1 aliphatic rings. The van der Waals surface area contributed by atoms with E-state index in [1.165, 1.54) is 36.4 Å². The first-order chi connectivity index (χ1) is 17.4. The molecule has 36 heavy (non-hydrogen) atoms. The third-order valence-corrected chi connectivity index (χ3v) is 8.62. The first-order valence-corrected chi connectivity index (χ1v) is 14.0. The van der Waals surface area contributed by atoms with E-state index in [4.69, 9.17) is 9.47 Å². The van der Waals surface area contributed by atoms with Crippen LogP contribution in [0.2, 0.25) is 0 Å². The molecule has 1 amide bonds. The molecule has 3 aromatic rings. The summed E-state index contributed by atoms with van der Waals surface area (Å²) in [6.07, 6.45) is 1.22. The summed E-state index contributed by atoms with van der Waals surface area (Å²) in [5.74, 6) is 1.35. The Morgan fingerprint density at radius 3 is 2.75 bits per heavy atom. The molecule has 1 aliphatic heterocycles. The van der Waals surface area contributed by atoms with Crippen molar-refractivity contribution >= 4 is 27.7 Å². The lowest BCUT2D eigenvalue weighted by Crippen LogP contribution is -2.45. The summed E-state index contributed by atoms with van der Waals surface area (Å²) < 4.78 is 38.5. The summed E-state index contributed by atoms with van der Waals surface area (Å²) in [5.41, 5.74) is 0.952. The van der Waals surface area contributed by atoms with Gasteiger partial charge in [0.1, 0.15) is 16.4 Å². The van der Waals surface area contributed by atoms with Gasteiger partial charge in [-0.05, 0) is 25.0 Å². The standard InChI is InChI=1S/C24H29N5O5S2/c1-33-19-10-11-20(34-2)21(15-19)36(31,32)29-13-6-9-18(16-29)23(30)25-12-14-35-24-26-22(27-28-24)17-7-4-3-5-8-17/h3-5,7-8,10-11,15,18H,6,9,12-14,16H2,1-2H3,(H,25,30)(H,26,27,28). The maximum absolute atomic E-state index is 13.4. The SMILES string of the molecule is COc1ccc(OC)c(S(=O)(=O)N2CCCC(C(=O)NCCSc3n[nH]c(-c4ccccc4)n3)C2)c1. The number of ether oxygens (including phenoxy) is 2. The fourth-order valence-corrected chi connectivity index (χ4v) is 6.34. The number of hydrogen-bond acceptors (Lipinski definition) is 8. The fraction of sp³-hybridized carbons (Fsp3) is 0.375. The number of rotatable bonds is 10. The molecule has 2 N–H and O–H groups in total. The van der Waals surface area contributed by atoms with Crippen LogP contribution in [0.4, 0.5) is 0 Å². The second kappa shape index (κ2) is 11.8. The first-order valence-electron chi connectivity index (χ1n) is 11.5. The minimum absolute atomic E-state index is 0.0307. The molecular weight excluding hydrogens is 502 g/mol. The smallest absolute Gasteiger partial charge is 0.246 e. The average Bonchev–Trinajstić information content (AvgIpc) is 3.40. The van der Waals surface area contributed by atoms with E-state index in [9.17, 15) is 13.2 Å². The lowest BCUT2D eigenvalue weighted by molar-refractivity contribution is -0.125. The maximum atomic E-state index is 13.4. The first kappa shape index (κ1) is 26.0. The van der Waals surface area contributed by atoms with Gasteiger partial charge in [0.05, 0.1) is 20.1 Å². The highest BCUT2D eigenvalue weighted by Gasteiger charge is 2.35. The van der Waals surface area contributed by atoms with Crippen LogP contribution in [0.3, 0.4) is 0 Å². The Morgan fingerprint density at radius 1 is 1.19 bits per heavy atom. The van der Waals surface area contributed by atoms with Crippen molar-refractivity contribution in [3.63, 3.8) is 0 Å². The molecule has 2 aromatic carbocycles. The van der Waals surface area contributed by atoms with E-state index in [0.717, 1.165) is 5.56 Å². The van der Waals surface area contributed by atoms with Crippen molar-refractivity contribution in [1.82, 2.24) is 24.8 Å². The topological polar surface area (TPSA) is 127 Å². The van der Waals surface area contributed by atoms with E-state index in [-0.39, 0.29) is 23.1 Å². The Balaban J connectivity index is 1.31. The molecule has 1 aromatic heterocycles. The molecule has 12 heteroatoms. The Hall–Kier alpha value is -3.09. The zero-order chi connectivity index (χ0) is 25.5. The molecule has 0 radical (unpaired) electrons. The third-order valence-electron chi connectivity index (χ3n) is 5.89. The van der Waals surface area contributed by atoms with Crippen molar-refractivity contribution in [3.8, 4) is 22.9 Å². The zero-order valence-corrected chi connectivity index (χ0v) is 21.8. The molecule has 192 valence electrons. The van der Waals surface area contributed by atoms with Crippen LogP contribution in [-0.4, -0.2) is 73.4 Å². The second-order valence-corrected chi connectivity index (χ2v) is 11.2. The summed E-state index contributed by atoms with van der Waals surface area (Å²) in [5, 5.41) is 10.7. The van der Waals surface area contributed by atoms with Crippen molar-refractivity contribution in [1.29, 1.82) is 0 Å². The number of H-pyrrole nitrogens is 1. The van der Waals surface area contributed by atoms with E-state index < -0.39 is 15.9 Å². The molecule has 10 nitrogen and oxygen atoms in total. The minimum Gasteiger partial charge on any atom is -0.497 e. The number of sulfonamides is 1. The molecular formula is C24H29N5O5S2. The van der Waals surface area contributed by atoms with Gasteiger partial charge in [0, 0.05) is 37.0 Å². The zero-order valence-electron chi connectivity index (χ0n) is 20.1. The summed E-state index contributed by atoms with van der Waals surface area (Å²) in [6.45, 7) is 0.881. The number of amides is 1. The molecule has 0 aliphatic carbocycles. The van der Waals surface area contributed by atoms with Crippen molar-refractivity contribution in [3.05, 3.63) is 48.5 Å². The molecule has 0 spiro atoms. The Bertz CT molecular complexity index is 1280. The number of nitrogens with zero attached hydrogens (tertiary/aromatic N) is 3. The van der Waals surface area contributed by atoms with Crippen molar-refractivity contribution in [2.24, 2.45) is 5.92 Å². The number of aromatic amines is 1. The van der Waals surface area contributed by atoms with Crippen molar-refractivity contribution in [2.75, 3.05) is 39.6 Å². The van der Waals surface area contributed by atoms with Gasteiger partial charge in [0.15, 0.2) is 5.82 Å². The molecule has 1 atom stereocenters. The fourth-order valence-electron chi connectivity index (χ4n) is 4.00.